The van der Waals surface area contributed by atoms with Crippen molar-refractivity contribution in [2.24, 2.45) is 0 Å². The molecule has 0 bridgehead atoms. The van der Waals surface area contributed by atoms with E-state index in [1.54, 1.807) is 4.90 Å². The van der Waals surface area contributed by atoms with Gasteiger partial charge in [-0.05, 0) is 30.9 Å². The highest BCUT2D eigenvalue weighted by atomic mass is 19.1. The minimum absolute atomic E-state index is 0.0546. The molecular weight excluding hydrogens is 345 g/mol. The summed E-state index contributed by atoms with van der Waals surface area (Å²) < 4.78 is 13.9. The first kappa shape index (κ1) is 17.6. The molecule has 2 aliphatic rings. The van der Waals surface area contributed by atoms with E-state index in [2.05, 4.69) is 4.98 Å². The molecule has 1 spiro atoms. The number of carbonyl (C=O) groups is 2. The molecule has 2 aliphatic heterocycles. The molecule has 0 aliphatic carbocycles. The topological polar surface area (TPSA) is 53.5 Å². The van der Waals surface area contributed by atoms with E-state index in [0.717, 1.165) is 18.2 Å². The molecule has 6 heteroatoms. The first-order chi connectivity index (χ1) is 13.0. The van der Waals surface area contributed by atoms with Crippen molar-refractivity contribution in [1.29, 1.82) is 0 Å². The largest absolute Gasteiger partial charge is 0.339 e. The second-order valence-electron chi connectivity index (χ2n) is 7.44. The van der Waals surface area contributed by atoms with E-state index < -0.39 is 5.82 Å². The van der Waals surface area contributed by atoms with Crippen molar-refractivity contribution < 1.29 is 14.0 Å². The smallest absolute Gasteiger partial charge is 0.256 e. The average Bonchev–Trinajstić information content (AvgIpc) is 2.94. The van der Waals surface area contributed by atoms with Crippen LogP contribution in [0, 0.1) is 5.82 Å². The van der Waals surface area contributed by atoms with Crippen LogP contribution in [0.25, 0.3) is 0 Å². The Morgan fingerprint density at radius 1 is 1.19 bits per heavy atom. The number of amides is 2. The Morgan fingerprint density at radius 3 is 2.56 bits per heavy atom. The summed E-state index contributed by atoms with van der Waals surface area (Å²) in [4.78, 5) is 32.7. The number of likely N-dealkylation sites (N-methyl/N-ethyl adjacent to an activating group) is 1. The first-order valence-electron chi connectivity index (χ1n) is 9.23. The number of rotatable bonds is 2. The van der Waals surface area contributed by atoms with Gasteiger partial charge in [-0.1, -0.05) is 30.3 Å². The fourth-order valence-corrected chi connectivity index (χ4v) is 4.40. The van der Waals surface area contributed by atoms with Crippen LogP contribution in [0.2, 0.25) is 0 Å². The van der Waals surface area contributed by atoms with Gasteiger partial charge in [-0.3, -0.25) is 14.6 Å². The standard InChI is InChI=1S/C21H22FN3O2/c1-24-19(26)17(15-5-3-2-4-6-15)13-21(24)8-11-25(12-9-21)20(27)16-7-10-23-14-18(16)22/h2-7,10,14,17H,8-9,11-13H2,1H3/t17-/m1/s1. The van der Waals surface area contributed by atoms with Crippen LogP contribution in [-0.4, -0.2) is 52.3 Å². The Hall–Kier alpha value is -2.76. The van der Waals surface area contributed by atoms with Crippen molar-refractivity contribution in [2.45, 2.75) is 30.7 Å². The predicted octanol–water partition coefficient (Wildman–Crippen LogP) is 2.84. The summed E-state index contributed by atoms with van der Waals surface area (Å²) in [6.45, 7) is 1.03. The van der Waals surface area contributed by atoms with Crippen molar-refractivity contribution in [3.05, 3.63) is 65.7 Å². The highest BCUT2D eigenvalue weighted by Gasteiger charge is 2.50. The van der Waals surface area contributed by atoms with E-state index >= 15 is 0 Å². The lowest BCUT2D eigenvalue weighted by Gasteiger charge is -2.43. The minimum atomic E-state index is -0.597. The highest BCUT2D eigenvalue weighted by Crippen LogP contribution is 2.44. The summed E-state index contributed by atoms with van der Waals surface area (Å²) in [5.41, 5.74) is 0.869. The maximum atomic E-state index is 13.9. The summed E-state index contributed by atoms with van der Waals surface area (Å²) in [5.74, 6) is -0.895. The van der Waals surface area contributed by atoms with Gasteiger partial charge >= 0.3 is 0 Å². The van der Waals surface area contributed by atoms with Crippen LogP contribution in [0.15, 0.2) is 48.8 Å². The third kappa shape index (κ3) is 2.99. The van der Waals surface area contributed by atoms with Gasteiger partial charge in [0.05, 0.1) is 17.7 Å². The van der Waals surface area contributed by atoms with Crippen molar-refractivity contribution in [3.8, 4) is 0 Å². The van der Waals surface area contributed by atoms with Gasteiger partial charge < -0.3 is 9.80 Å². The maximum Gasteiger partial charge on any atom is 0.256 e. The number of hydrogen-bond donors (Lipinski definition) is 0. The van der Waals surface area contributed by atoms with Crippen molar-refractivity contribution in [3.63, 3.8) is 0 Å². The van der Waals surface area contributed by atoms with E-state index in [4.69, 9.17) is 0 Å². The molecule has 2 amide bonds. The molecule has 3 heterocycles. The van der Waals surface area contributed by atoms with Crippen molar-refractivity contribution >= 4 is 11.8 Å². The Morgan fingerprint density at radius 2 is 1.89 bits per heavy atom. The zero-order valence-corrected chi connectivity index (χ0v) is 15.3. The van der Waals surface area contributed by atoms with Gasteiger partial charge in [-0.25, -0.2) is 4.39 Å². The van der Waals surface area contributed by atoms with Gasteiger partial charge in [0.15, 0.2) is 5.82 Å². The summed E-state index contributed by atoms with van der Waals surface area (Å²) in [5, 5.41) is 0. The van der Waals surface area contributed by atoms with Crippen LogP contribution in [0.3, 0.4) is 0 Å². The van der Waals surface area contributed by atoms with Crippen LogP contribution in [0.1, 0.15) is 41.1 Å². The monoisotopic (exact) mass is 367 g/mol. The van der Waals surface area contributed by atoms with Crippen LogP contribution < -0.4 is 0 Å². The van der Waals surface area contributed by atoms with E-state index in [0.29, 0.717) is 25.9 Å². The van der Waals surface area contributed by atoms with Gasteiger partial charge in [0.25, 0.3) is 5.91 Å². The third-order valence-electron chi connectivity index (χ3n) is 6.11. The number of halogens is 1. The second-order valence-corrected chi connectivity index (χ2v) is 7.44. The number of hydrogen-bond acceptors (Lipinski definition) is 3. The fourth-order valence-electron chi connectivity index (χ4n) is 4.40. The van der Waals surface area contributed by atoms with E-state index in [9.17, 15) is 14.0 Å². The first-order valence-corrected chi connectivity index (χ1v) is 9.23. The average molecular weight is 367 g/mol. The summed E-state index contributed by atoms with van der Waals surface area (Å²) in [6.07, 6.45) is 4.66. The maximum absolute atomic E-state index is 13.9. The lowest BCUT2D eigenvalue weighted by atomic mass is 9.81. The molecule has 2 aromatic rings. The third-order valence-corrected chi connectivity index (χ3v) is 6.11. The van der Waals surface area contributed by atoms with Crippen LogP contribution in [-0.2, 0) is 4.79 Å². The van der Waals surface area contributed by atoms with E-state index in [-0.39, 0.29) is 28.8 Å². The van der Waals surface area contributed by atoms with Gasteiger partial charge in [0.2, 0.25) is 5.91 Å². The van der Waals surface area contributed by atoms with Crippen LogP contribution in [0.5, 0.6) is 0 Å². The van der Waals surface area contributed by atoms with E-state index in [1.807, 2.05) is 42.3 Å². The quantitative estimate of drug-likeness (QED) is 0.820. The molecular formula is C21H22FN3O2. The van der Waals surface area contributed by atoms with Crippen molar-refractivity contribution in [2.75, 3.05) is 20.1 Å². The number of carbonyl (C=O) groups excluding carboxylic acids is 2. The zero-order chi connectivity index (χ0) is 19.0. The molecule has 4 rings (SSSR count). The Labute approximate surface area is 157 Å². The van der Waals surface area contributed by atoms with Gasteiger partial charge in [0.1, 0.15) is 0 Å². The Balaban J connectivity index is 1.49. The minimum Gasteiger partial charge on any atom is -0.339 e. The van der Waals surface area contributed by atoms with Crippen molar-refractivity contribution in [1.82, 2.24) is 14.8 Å². The van der Waals surface area contributed by atoms with Gasteiger partial charge in [-0.2, -0.15) is 0 Å². The summed E-state index contributed by atoms with van der Waals surface area (Å²) in [6, 6.07) is 11.3. The summed E-state index contributed by atoms with van der Waals surface area (Å²) >= 11 is 0. The summed E-state index contributed by atoms with van der Waals surface area (Å²) in [7, 11) is 1.87. The molecule has 0 unspecified atom stereocenters. The number of benzene rings is 1. The lowest BCUT2D eigenvalue weighted by Crippen LogP contribution is -2.52. The number of nitrogens with zero attached hydrogens (tertiary/aromatic N) is 3. The molecule has 1 atom stereocenters. The van der Waals surface area contributed by atoms with E-state index in [1.165, 1.54) is 12.3 Å². The SMILES string of the molecule is CN1C(=O)[C@@H](c2ccccc2)CC12CCN(C(=O)c1ccncc1F)CC2. The Bertz CT molecular complexity index is 863. The molecule has 0 saturated carbocycles. The Kier molecular flexibility index (Phi) is 4.42. The number of likely N-dealkylation sites (tertiary alicyclic amines) is 2. The molecule has 2 saturated heterocycles. The molecule has 1 aromatic carbocycles. The van der Waals surface area contributed by atoms with Gasteiger partial charge in [0, 0.05) is 31.9 Å². The zero-order valence-electron chi connectivity index (χ0n) is 15.3. The molecule has 2 fully saturated rings. The molecule has 1 aromatic heterocycles. The highest BCUT2D eigenvalue weighted by molar-refractivity contribution is 5.94. The molecule has 0 N–H and O–H groups in total. The number of piperidine rings is 1. The normalized spacial score (nSPS) is 21.7. The number of aromatic nitrogens is 1. The lowest BCUT2D eigenvalue weighted by molar-refractivity contribution is -0.131. The molecule has 0 radical (unpaired) electrons. The fraction of sp³-hybridized carbons (Fsp3) is 0.381. The molecule has 140 valence electrons. The van der Waals surface area contributed by atoms with Crippen LogP contribution >= 0.6 is 0 Å². The molecule has 5 nitrogen and oxygen atoms in total. The molecule has 27 heavy (non-hydrogen) atoms. The predicted molar refractivity (Wildman–Crippen MR) is 98.6 cm³/mol. The second kappa shape index (κ2) is 6.76. The van der Waals surface area contributed by atoms with Gasteiger partial charge in [-0.15, -0.1) is 0 Å². The van der Waals surface area contributed by atoms with Crippen LogP contribution in [0.4, 0.5) is 4.39 Å². The number of pyridine rings is 1.